The molecule has 2 atom stereocenters. The van der Waals surface area contributed by atoms with Crippen LogP contribution in [0, 0.1) is 0 Å². The number of ketones is 1. The summed E-state index contributed by atoms with van der Waals surface area (Å²) in [5.41, 5.74) is 0.634. The molecule has 1 aromatic heterocycles. The maximum absolute atomic E-state index is 11.7. The second-order valence-corrected chi connectivity index (χ2v) is 3.94. The summed E-state index contributed by atoms with van der Waals surface area (Å²) in [6, 6.07) is 2.13. The first-order valence-corrected chi connectivity index (χ1v) is 5.15. The van der Waals surface area contributed by atoms with Gasteiger partial charge in [0.15, 0.2) is 5.78 Å². The van der Waals surface area contributed by atoms with Crippen molar-refractivity contribution in [1.29, 1.82) is 0 Å². The molecule has 1 fully saturated rings. The monoisotopic (exact) mass is 209 g/mol. The van der Waals surface area contributed by atoms with E-state index in [1.54, 1.807) is 6.07 Å². The lowest BCUT2D eigenvalue weighted by atomic mass is 10.1. The largest absolute Gasteiger partial charge is 0.472 e. The minimum atomic E-state index is 0.0963. The normalized spacial score (nSPS) is 26.5. The van der Waals surface area contributed by atoms with Gasteiger partial charge in [0.25, 0.3) is 0 Å². The molecule has 0 bridgehead atoms. The number of hydrogen-bond donors (Lipinski definition) is 1. The van der Waals surface area contributed by atoms with Gasteiger partial charge in [-0.2, -0.15) is 0 Å². The van der Waals surface area contributed by atoms with E-state index in [-0.39, 0.29) is 11.8 Å². The van der Waals surface area contributed by atoms with Gasteiger partial charge in [-0.05, 0) is 13.0 Å². The lowest BCUT2D eigenvalue weighted by molar-refractivity contribution is 0.0463. The zero-order valence-electron chi connectivity index (χ0n) is 8.73. The number of furan rings is 1. The Kier molecular flexibility index (Phi) is 3.18. The molecule has 4 nitrogen and oxygen atoms in total. The lowest BCUT2D eigenvalue weighted by Crippen LogP contribution is -2.48. The molecule has 1 aliphatic rings. The standard InChI is InChI=1S/C11H15NO3/c1-8-5-15-7-10(12-8)4-11(13)9-2-3-14-6-9/h2-3,6,8,10,12H,4-5,7H2,1H3. The van der Waals surface area contributed by atoms with Crippen molar-refractivity contribution in [3.8, 4) is 0 Å². The Morgan fingerprint density at radius 3 is 3.13 bits per heavy atom. The minimum absolute atomic E-state index is 0.0963. The number of Topliss-reactive ketones (excluding diaryl/α,β-unsaturated/α-hetero) is 1. The molecule has 2 heterocycles. The van der Waals surface area contributed by atoms with Crippen molar-refractivity contribution in [2.24, 2.45) is 0 Å². The molecule has 0 saturated carbocycles. The molecule has 1 aliphatic heterocycles. The number of carbonyl (C=O) groups excluding carboxylic acids is 1. The molecule has 1 N–H and O–H groups in total. The third-order valence-electron chi connectivity index (χ3n) is 2.48. The summed E-state index contributed by atoms with van der Waals surface area (Å²) >= 11 is 0. The Hall–Kier alpha value is -1.13. The highest BCUT2D eigenvalue weighted by atomic mass is 16.5. The molecular formula is C11H15NO3. The van der Waals surface area contributed by atoms with Crippen LogP contribution in [0.4, 0.5) is 0 Å². The zero-order chi connectivity index (χ0) is 10.7. The summed E-state index contributed by atoms with van der Waals surface area (Å²) in [4.78, 5) is 11.7. The molecule has 15 heavy (non-hydrogen) atoms. The molecule has 0 aromatic carbocycles. The van der Waals surface area contributed by atoms with Crippen LogP contribution in [0.3, 0.4) is 0 Å². The SMILES string of the molecule is CC1COCC(CC(=O)c2ccoc2)N1. The fraction of sp³-hybridized carbons (Fsp3) is 0.545. The molecule has 0 amide bonds. The van der Waals surface area contributed by atoms with Crippen LogP contribution in [-0.4, -0.2) is 31.1 Å². The fourth-order valence-electron chi connectivity index (χ4n) is 1.77. The Labute approximate surface area is 88.6 Å². The van der Waals surface area contributed by atoms with Crippen LogP contribution in [0.15, 0.2) is 23.0 Å². The summed E-state index contributed by atoms with van der Waals surface area (Å²) in [7, 11) is 0. The fourth-order valence-corrected chi connectivity index (χ4v) is 1.77. The van der Waals surface area contributed by atoms with Crippen molar-refractivity contribution in [2.75, 3.05) is 13.2 Å². The van der Waals surface area contributed by atoms with Gasteiger partial charge in [-0.1, -0.05) is 0 Å². The molecule has 1 aromatic rings. The third-order valence-corrected chi connectivity index (χ3v) is 2.48. The second kappa shape index (κ2) is 4.59. The summed E-state index contributed by atoms with van der Waals surface area (Å²) in [5, 5.41) is 3.33. The van der Waals surface area contributed by atoms with Crippen molar-refractivity contribution < 1.29 is 13.9 Å². The highest BCUT2D eigenvalue weighted by Gasteiger charge is 2.21. The number of carbonyl (C=O) groups is 1. The molecule has 2 unspecified atom stereocenters. The zero-order valence-corrected chi connectivity index (χ0v) is 8.73. The van der Waals surface area contributed by atoms with Crippen molar-refractivity contribution in [3.05, 3.63) is 24.2 Å². The highest BCUT2D eigenvalue weighted by Crippen LogP contribution is 2.09. The summed E-state index contributed by atoms with van der Waals surface area (Å²) in [6.45, 7) is 3.37. The van der Waals surface area contributed by atoms with Crippen LogP contribution in [0.1, 0.15) is 23.7 Å². The topological polar surface area (TPSA) is 51.5 Å². The first kappa shape index (κ1) is 10.4. The second-order valence-electron chi connectivity index (χ2n) is 3.94. The maximum Gasteiger partial charge on any atom is 0.167 e. The van der Waals surface area contributed by atoms with E-state index in [9.17, 15) is 4.79 Å². The maximum atomic E-state index is 11.7. The molecule has 2 rings (SSSR count). The summed E-state index contributed by atoms with van der Waals surface area (Å²) in [5.74, 6) is 0.0963. The van der Waals surface area contributed by atoms with Gasteiger partial charge < -0.3 is 14.5 Å². The predicted molar refractivity (Wildman–Crippen MR) is 54.9 cm³/mol. The molecule has 0 aliphatic carbocycles. The highest BCUT2D eigenvalue weighted by molar-refractivity contribution is 5.96. The van der Waals surface area contributed by atoms with Gasteiger partial charge in [-0.3, -0.25) is 4.79 Å². The van der Waals surface area contributed by atoms with Gasteiger partial charge in [0, 0.05) is 18.5 Å². The molecule has 0 radical (unpaired) electrons. The number of rotatable bonds is 3. The molecule has 82 valence electrons. The average Bonchev–Trinajstić information content (AvgIpc) is 2.70. The van der Waals surface area contributed by atoms with E-state index in [0.29, 0.717) is 24.6 Å². The van der Waals surface area contributed by atoms with E-state index in [1.165, 1.54) is 12.5 Å². The first-order chi connectivity index (χ1) is 7.25. The van der Waals surface area contributed by atoms with E-state index in [1.807, 2.05) is 0 Å². The first-order valence-electron chi connectivity index (χ1n) is 5.15. The third kappa shape index (κ3) is 2.67. The van der Waals surface area contributed by atoms with E-state index >= 15 is 0 Å². The quantitative estimate of drug-likeness (QED) is 0.761. The van der Waals surface area contributed by atoms with Crippen LogP contribution in [0.2, 0.25) is 0 Å². The number of morpholine rings is 1. The van der Waals surface area contributed by atoms with Crippen LogP contribution in [-0.2, 0) is 4.74 Å². The Morgan fingerprint density at radius 2 is 2.47 bits per heavy atom. The van der Waals surface area contributed by atoms with E-state index in [2.05, 4.69) is 12.2 Å². The summed E-state index contributed by atoms with van der Waals surface area (Å²) in [6.07, 6.45) is 3.46. The Bertz CT molecular complexity index is 321. The average molecular weight is 209 g/mol. The van der Waals surface area contributed by atoms with Gasteiger partial charge in [-0.25, -0.2) is 0 Å². The van der Waals surface area contributed by atoms with E-state index in [4.69, 9.17) is 9.15 Å². The molecule has 4 heteroatoms. The number of nitrogens with one attached hydrogen (secondary N) is 1. The molecular weight excluding hydrogens is 194 g/mol. The molecule has 1 saturated heterocycles. The van der Waals surface area contributed by atoms with Gasteiger partial charge in [0.2, 0.25) is 0 Å². The predicted octanol–water partition coefficient (Wildman–Crippen LogP) is 1.23. The van der Waals surface area contributed by atoms with Crippen molar-refractivity contribution in [2.45, 2.75) is 25.4 Å². The van der Waals surface area contributed by atoms with Crippen molar-refractivity contribution >= 4 is 5.78 Å². The molecule has 0 spiro atoms. The van der Waals surface area contributed by atoms with Gasteiger partial charge in [0.1, 0.15) is 6.26 Å². The van der Waals surface area contributed by atoms with Crippen LogP contribution in [0.25, 0.3) is 0 Å². The van der Waals surface area contributed by atoms with E-state index in [0.717, 1.165) is 6.61 Å². The Morgan fingerprint density at radius 1 is 1.60 bits per heavy atom. The minimum Gasteiger partial charge on any atom is -0.472 e. The van der Waals surface area contributed by atoms with Crippen LogP contribution in [0.5, 0.6) is 0 Å². The van der Waals surface area contributed by atoms with Gasteiger partial charge in [0.05, 0.1) is 25.0 Å². The number of hydrogen-bond acceptors (Lipinski definition) is 4. The lowest BCUT2D eigenvalue weighted by Gasteiger charge is -2.28. The van der Waals surface area contributed by atoms with Gasteiger partial charge >= 0.3 is 0 Å². The number of ether oxygens (including phenoxy) is 1. The van der Waals surface area contributed by atoms with Gasteiger partial charge in [-0.15, -0.1) is 0 Å². The van der Waals surface area contributed by atoms with Crippen LogP contribution >= 0.6 is 0 Å². The van der Waals surface area contributed by atoms with Crippen LogP contribution < -0.4 is 5.32 Å². The summed E-state index contributed by atoms with van der Waals surface area (Å²) < 4.78 is 10.2. The smallest absolute Gasteiger partial charge is 0.167 e. The van der Waals surface area contributed by atoms with Crippen molar-refractivity contribution in [1.82, 2.24) is 5.32 Å². The van der Waals surface area contributed by atoms with Crippen molar-refractivity contribution in [3.63, 3.8) is 0 Å². The Balaban J connectivity index is 1.89. The van der Waals surface area contributed by atoms with E-state index < -0.39 is 0 Å².